The Balaban J connectivity index is 1.69. The molecule has 1 saturated heterocycles. The predicted octanol–water partition coefficient (Wildman–Crippen LogP) is 1.12. The van der Waals surface area contributed by atoms with Crippen molar-refractivity contribution in [3.05, 3.63) is 17.5 Å². The number of likely N-dealkylation sites (N-methyl/N-ethyl adjacent to an activating group) is 1. The molecule has 1 aromatic heterocycles. The number of guanidine groups is 1. The molecule has 0 aliphatic carbocycles. The number of nitrogens with one attached hydrogen (secondary N) is 2. The molecule has 1 aliphatic heterocycles. The molecule has 27 heavy (non-hydrogen) atoms. The quantitative estimate of drug-likeness (QED) is 0.318. The Bertz CT molecular complexity index is 658. The van der Waals surface area contributed by atoms with Crippen LogP contribution in [0.15, 0.2) is 26.7 Å². The van der Waals surface area contributed by atoms with Crippen molar-refractivity contribution in [3.8, 4) is 0 Å². The van der Waals surface area contributed by atoms with E-state index >= 15 is 0 Å². The first-order chi connectivity index (χ1) is 13.0. The Morgan fingerprint density at radius 1 is 1.48 bits per heavy atom. The highest BCUT2D eigenvalue weighted by Crippen LogP contribution is 2.19. The summed E-state index contributed by atoms with van der Waals surface area (Å²) < 4.78 is 37.5. The molecule has 2 N–H and O–H groups in total. The normalized spacial score (nSPS) is 18.2. The van der Waals surface area contributed by atoms with E-state index in [4.69, 9.17) is 9.47 Å². The first-order valence-electron chi connectivity index (χ1n) is 9.25. The fraction of sp³-hybridized carbons (Fsp3) is 0.706. The summed E-state index contributed by atoms with van der Waals surface area (Å²) in [6, 6.07) is 3.36. The molecular weight excluding hydrogens is 388 g/mol. The third-order valence-electron chi connectivity index (χ3n) is 4.04. The average molecular weight is 419 g/mol. The Hall–Kier alpha value is -1.20. The van der Waals surface area contributed by atoms with Crippen LogP contribution in [0.2, 0.25) is 0 Å². The molecule has 2 rings (SSSR count). The molecule has 1 aromatic rings. The number of sulfonamides is 1. The van der Waals surface area contributed by atoms with Crippen LogP contribution in [0.1, 0.15) is 19.8 Å². The largest absolute Gasteiger partial charge is 0.379 e. The summed E-state index contributed by atoms with van der Waals surface area (Å²) in [5.41, 5.74) is 0. The van der Waals surface area contributed by atoms with Gasteiger partial charge < -0.3 is 20.1 Å². The SMILES string of the molecule is CCNC(=NCCCOC1CCOC1)NCCN(C)S(=O)(=O)c1cccs1. The van der Waals surface area contributed by atoms with Gasteiger partial charge in [-0.1, -0.05) is 6.07 Å². The molecule has 1 aliphatic rings. The first-order valence-corrected chi connectivity index (χ1v) is 11.6. The van der Waals surface area contributed by atoms with Crippen LogP contribution in [-0.2, 0) is 19.5 Å². The van der Waals surface area contributed by atoms with Gasteiger partial charge in [0.1, 0.15) is 4.21 Å². The minimum absolute atomic E-state index is 0.223. The number of thiophene rings is 1. The van der Waals surface area contributed by atoms with E-state index in [0.717, 1.165) is 26.0 Å². The smallest absolute Gasteiger partial charge is 0.252 e. The number of aliphatic imine (C=N–C) groups is 1. The van der Waals surface area contributed by atoms with E-state index in [1.54, 1.807) is 24.6 Å². The predicted molar refractivity (Wildman–Crippen MR) is 108 cm³/mol. The van der Waals surface area contributed by atoms with Crippen LogP contribution in [0.4, 0.5) is 0 Å². The third kappa shape index (κ3) is 7.38. The van der Waals surface area contributed by atoms with Gasteiger partial charge in [0.15, 0.2) is 5.96 Å². The van der Waals surface area contributed by atoms with Crippen LogP contribution in [0, 0.1) is 0 Å². The van der Waals surface area contributed by atoms with Crippen molar-refractivity contribution in [1.29, 1.82) is 0 Å². The van der Waals surface area contributed by atoms with E-state index in [9.17, 15) is 8.42 Å². The zero-order valence-electron chi connectivity index (χ0n) is 16.0. The Morgan fingerprint density at radius 2 is 2.33 bits per heavy atom. The van der Waals surface area contributed by atoms with Crippen molar-refractivity contribution >= 4 is 27.3 Å². The molecule has 2 heterocycles. The molecule has 1 unspecified atom stereocenters. The fourth-order valence-corrected chi connectivity index (χ4v) is 4.88. The second kappa shape index (κ2) is 11.6. The second-order valence-corrected chi connectivity index (χ2v) is 9.38. The van der Waals surface area contributed by atoms with E-state index in [1.807, 2.05) is 6.92 Å². The molecule has 0 aromatic carbocycles. The van der Waals surface area contributed by atoms with Crippen molar-refractivity contribution in [3.63, 3.8) is 0 Å². The topological polar surface area (TPSA) is 92.3 Å². The van der Waals surface area contributed by atoms with Gasteiger partial charge in [-0.05, 0) is 31.2 Å². The molecule has 8 nitrogen and oxygen atoms in total. The molecule has 154 valence electrons. The number of hydrogen-bond acceptors (Lipinski definition) is 6. The summed E-state index contributed by atoms with van der Waals surface area (Å²) in [6.45, 7) is 6.35. The van der Waals surface area contributed by atoms with E-state index in [0.29, 0.717) is 43.0 Å². The summed E-state index contributed by atoms with van der Waals surface area (Å²) in [6.07, 6.45) is 2.02. The van der Waals surface area contributed by atoms with Gasteiger partial charge in [0.05, 0.1) is 12.7 Å². The highest BCUT2D eigenvalue weighted by atomic mass is 32.2. The molecule has 0 radical (unpaired) electrons. The van der Waals surface area contributed by atoms with Gasteiger partial charge in [0.2, 0.25) is 0 Å². The minimum atomic E-state index is -3.41. The second-order valence-electron chi connectivity index (χ2n) is 6.16. The Kier molecular flexibility index (Phi) is 9.49. The molecular formula is C17H30N4O4S2. The zero-order valence-corrected chi connectivity index (χ0v) is 17.7. The van der Waals surface area contributed by atoms with Crippen molar-refractivity contribution in [2.75, 3.05) is 53.0 Å². The van der Waals surface area contributed by atoms with Gasteiger partial charge in [-0.2, -0.15) is 4.31 Å². The lowest BCUT2D eigenvalue weighted by molar-refractivity contribution is 0.0424. The van der Waals surface area contributed by atoms with Crippen LogP contribution >= 0.6 is 11.3 Å². The summed E-state index contributed by atoms with van der Waals surface area (Å²) in [5, 5.41) is 8.11. The van der Waals surface area contributed by atoms with Crippen LogP contribution in [0.3, 0.4) is 0 Å². The van der Waals surface area contributed by atoms with Gasteiger partial charge in [-0.3, -0.25) is 4.99 Å². The molecule has 1 fully saturated rings. The van der Waals surface area contributed by atoms with Crippen molar-refractivity contribution in [1.82, 2.24) is 14.9 Å². The molecule has 0 amide bonds. The summed E-state index contributed by atoms with van der Waals surface area (Å²) in [4.78, 5) is 4.50. The van der Waals surface area contributed by atoms with Crippen LogP contribution in [-0.4, -0.2) is 77.8 Å². The van der Waals surface area contributed by atoms with Gasteiger partial charge >= 0.3 is 0 Å². The number of nitrogens with zero attached hydrogens (tertiary/aromatic N) is 2. The van der Waals surface area contributed by atoms with Gasteiger partial charge in [-0.25, -0.2) is 8.42 Å². The Labute approximate surface area is 166 Å². The number of ether oxygens (including phenoxy) is 2. The monoisotopic (exact) mass is 418 g/mol. The highest BCUT2D eigenvalue weighted by molar-refractivity contribution is 7.91. The highest BCUT2D eigenvalue weighted by Gasteiger charge is 2.21. The molecule has 0 bridgehead atoms. The van der Waals surface area contributed by atoms with E-state index < -0.39 is 10.0 Å². The number of rotatable bonds is 11. The van der Waals surface area contributed by atoms with Crippen LogP contribution in [0.25, 0.3) is 0 Å². The summed E-state index contributed by atoms with van der Waals surface area (Å²) in [7, 11) is -1.83. The molecule has 10 heteroatoms. The van der Waals surface area contributed by atoms with E-state index in [-0.39, 0.29) is 6.10 Å². The van der Waals surface area contributed by atoms with E-state index in [2.05, 4.69) is 15.6 Å². The van der Waals surface area contributed by atoms with Crippen molar-refractivity contribution in [2.45, 2.75) is 30.1 Å². The maximum Gasteiger partial charge on any atom is 0.252 e. The zero-order chi connectivity index (χ0) is 19.5. The van der Waals surface area contributed by atoms with Gasteiger partial charge in [-0.15, -0.1) is 11.3 Å². The van der Waals surface area contributed by atoms with Crippen molar-refractivity contribution < 1.29 is 17.9 Å². The minimum Gasteiger partial charge on any atom is -0.379 e. The fourth-order valence-electron chi connectivity index (χ4n) is 2.51. The lowest BCUT2D eigenvalue weighted by Crippen LogP contribution is -2.42. The molecule has 0 spiro atoms. The van der Waals surface area contributed by atoms with E-state index in [1.165, 1.54) is 15.6 Å². The lowest BCUT2D eigenvalue weighted by atomic mass is 10.3. The van der Waals surface area contributed by atoms with Gasteiger partial charge in [0, 0.05) is 46.4 Å². The standard InChI is InChI=1S/C17H30N4O4S2/c1-3-18-17(19-8-5-11-25-15-7-12-24-14-15)20-9-10-21(2)27(22,23)16-6-4-13-26-16/h4,6,13,15H,3,5,7-12,14H2,1-2H3,(H2,18,19,20). The lowest BCUT2D eigenvalue weighted by Gasteiger charge is -2.17. The Morgan fingerprint density at radius 3 is 3.00 bits per heavy atom. The van der Waals surface area contributed by atoms with Gasteiger partial charge in [0.25, 0.3) is 10.0 Å². The maximum atomic E-state index is 12.4. The molecule has 1 atom stereocenters. The number of hydrogen-bond donors (Lipinski definition) is 2. The van der Waals surface area contributed by atoms with Crippen LogP contribution in [0.5, 0.6) is 0 Å². The average Bonchev–Trinajstić information content (AvgIpc) is 3.35. The molecule has 0 saturated carbocycles. The first kappa shape index (κ1) is 22.1. The third-order valence-corrected chi connectivity index (χ3v) is 7.27. The maximum absolute atomic E-state index is 12.4. The van der Waals surface area contributed by atoms with Crippen molar-refractivity contribution in [2.24, 2.45) is 4.99 Å². The summed E-state index contributed by atoms with van der Waals surface area (Å²) in [5.74, 6) is 0.684. The summed E-state index contributed by atoms with van der Waals surface area (Å²) >= 11 is 1.22. The van der Waals surface area contributed by atoms with Crippen LogP contribution < -0.4 is 10.6 Å².